The summed E-state index contributed by atoms with van der Waals surface area (Å²) in [5, 5.41) is 2.50. The van der Waals surface area contributed by atoms with Gasteiger partial charge in [0.1, 0.15) is 12.1 Å². The molecular formula is C10H7ClFN3O. The fourth-order valence-corrected chi connectivity index (χ4v) is 1.38. The third-order valence-corrected chi connectivity index (χ3v) is 2.25. The summed E-state index contributed by atoms with van der Waals surface area (Å²) < 4.78 is 14.5. The van der Waals surface area contributed by atoms with Crippen LogP contribution < -0.4 is 5.32 Å². The standard InChI is InChI=1S/C10H7ClFN3O/c11-7-2-1-3-8(12)9(7)14-10(16)15-5-4-13-6-15/h1-6H,(H,14,16). The summed E-state index contributed by atoms with van der Waals surface area (Å²) in [4.78, 5) is 15.3. The Morgan fingerprint density at radius 3 is 2.94 bits per heavy atom. The molecule has 82 valence electrons. The Morgan fingerprint density at radius 2 is 2.31 bits per heavy atom. The number of hydrogen-bond donors (Lipinski definition) is 1. The maximum Gasteiger partial charge on any atom is 0.331 e. The lowest BCUT2D eigenvalue weighted by atomic mass is 10.3. The first-order valence-electron chi connectivity index (χ1n) is 4.42. The maximum atomic E-state index is 13.3. The molecule has 0 aliphatic rings. The topological polar surface area (TPSA) is 46.9 Å². The maximum absolute atomic E-state index is 13.3. The van der Waals surface area contributed by atoms with Crippen molar-refractivity contribution in [3.63, 3.8) is 0 Å². The minimum absolute atomic E-state index is 0.0390. The number of carbonyl (C=O) groups excluding carboxylic acids is 1. The summed E-state index contributed by atoms with van der Waals surface area (Å²) in [6.45, 7) is 0. The molecule has 0 unspecified atom stereocenters. The number of imidazole rings is 1. The van der Waals surface area contributed by atoms with E-state index < -0.39 is 11.8 Å². The predicted octanol–water partition coefficient (Wildman–Crippen LogP) is 2.76. The number of anilines is 1. The highest BCUT2D eigenvalue weighted by Gasteiger charge is 2.11. The second kappa shape index (κ2) is 4.32. The van der Waals surface area contributed by atoms with Gasteiger partial charge in [0.15, 0.2) is 0 Å². The number of halogens is 2. The van der Waals surface area contributed by atoms with Gasteiger partial charge in [0.2, 0.25) is 0 Å². The Kier molecular flexibility index (Phi) is 2.87. The zero-order valence-electron chi connectivity index (χ0n) is 8.02. The summed E-state index contributed by atoms with van der Waals surface area (Å²) >= 11 is 5.76. The molecule has 0 spiro atoms. The Balaban J connectivity index is 2.25. The predicted molar refractivity (Wildman–Crippen MR) is 58.1 cm³/mol. The van der Waals surface area contributed by atoms with Crippen LogP contribution in [-0.4, -0.2) is 15.6 Å². The molecule has 0 radical (unpaired) electrons. The zero-order valence-corrected chi connectivity index (χ0v) is 8.78. The zero-order chi connectivity index (χ0) is 11.5. The molecule has 2 aromatic rings. The minimum Gasteiger partial charge on any atom is -0.303 e. The van der Waals surface area contributed by atoms with E-state index in [1.165, 1.54) is 41.5 Å². The van der Waals surface area contributed by atoms with E-state index in [2.05, 4.69) is 10.3 Å². The smallest absolute Gasteiger partial charge is 0.303 e. The molecule has 1 amide bonds. The van der Waals surface area contributed by atoms with Crippen molar-refractivity contribution in [3.8, 4) is 0 Å². The average Bonchev–Trinajstić information content (AvgIpc) is 2.76. The van der Waals surface area contributed by atoms with Crippen LogP contribution in [0.3, 0.4) is 0 Å². The van der Waals surface area contributed by atoms with Crippen molar-refractivity contribution < 1.29 is 9.18 Å². The summed E-state index contributed by atoms with van der Waals surface area (Å²) in [7, 11) is 0. The van der Waals surface area contributed by atoms with Crippen LogP contribution in [0.15, 0.2) is 36.9 Å². The number of nitrogens with one attached hydrogen (secondary N) is 1. The van der Waals surface area contributed by atoms with Gasteiger partial charge in [-0.15, -0.1) is 0 Å². The van der Waals surface area contributed by atoms with Crippen LogP contribution in [0.2, 0.25) is 5.02 Å². The fraction of sp³-hybridized carbons (Fsp3) is 0. The molecule has 16 heavy (non-hydrogen) atoms. The Labute approximate surface area is 95.7 Å². The van der Waals surface area contributed by atoms with E-state index in [9.17, 15) is 9.18 Å². The van der Waals surface area contributed by atoms with Crippen molar-refractivity contribution >= 4 is 23.3 Å². The lowest BCUT2D eigenvalue weighted by molar-refractivity contribution is 0.253. The third kappa shape index (κ3) is 2.04. The van der Waals surface area contributed by atoms with Crippen molar-refractivity contribution in [2.75, 3.05) is 5.32 Å². The van der Waals surface area contributed by atoms with Gasteiger partial charge >= 0.3 is 6.03 Å². The van der Waals surface area contributed by atoms with E-state index in [1.54, 1.807) is 0 Å². The Hall–Kier alpha value is -1.88. The molecule has 1 aromatic heterocycles. The minimum atomic E-state index is -0.582. The number of amides is 1. The highest BCUT2D eigenvalue weighted by atomic mass is 35.5. The molecule has 2 rings (SSSR count). The van der Waals surface area contributed by atoms with Gasteiger partial charge in [0, 0.05) is 12.4 Å². The second-order valence-electron chi connectivity index (χ2n) is 3.00. The summed E-state index contributed by atoms with van der Waals surface area (Å²) in [6, 6.07) is 3.65. The third-order valence-electron chi connectivity index (χ3n) is 1.93. The van der Waals surface area contributed by atoms with Gasteiger partial charge in [-0.3, -0.25) is 4.57 Å². The van der Waals surface area contributed by atoms with Gasteiger partial charge < -0.3 is 5.32 Å². The first-order valence-corrected chi connectivity index (χ1v) is 4.79. The lowest BCUT2D eigenvalue weighted by Crippen LogP contribution is -2.18. The second-order valence-corrected chi connectivity index (χ2v) is 3.40. The van der Waals surface area contributed by atoms with Gasteiger partial charge in [-0.25, -0.2) is 14.2 Å². The molecule has 0 aliphatic carbocycles. The number of benzene rings is 1. The van der Waals surface area contributed by atoms with Crippen LogP contribution in [0.1, 0.15) is 0 Å². The van der Waals surface area contributed by atoms with Crippen LogP contribution in [0.25, 0.3) is 0 Å². The number of hydrogen-bond acceptors (Lipinski definition) is 2. The summed E-state index contributed by atoms with van der Waals surface area (Å²) in [6.07, 6.45) is 4.21. The lowest BCUT2D eigenvalue weighted by Gasteiger charge is -2.07. The van der Waals surface area contributed by atoms with Crippen molar-refractivity contribution in [1.82, 2.24) is 9.55 Å². The van der Waals surface area contributed by atoms with E-state index in [1.807, 2.05) is 0 Å². The molecule has 0 saturated carbocycles. The largest absolute Gasteiger partial charge is 0.331 e. The highest BCUT2D eigenvalue weighted by molar-refractivity contribution is 6.33. The molecule has 0 fully saturated rings. The first kappa shape index (κ1) is 10.6. The van der Waals surface area contributed by atoms with Crippen LogP contribution in [0, 0.1) is 5.82 Å². The average molecular weight is 240 g/mol. The normalized spacial score (nSPS) is 10.1. The molecule has 0 atom stereocenters. The SMILES string of the molecule is O=C(Nc1c(F)cccc1Cl)n1ccnc1. The molecular weight excluding hydrogens is 233 g/mol. The first-order chi connectivity index (χ1) is 7.68. The van der Waals surface area contributed by atoms with Gasteiger partial charge in [0.05, 0.1) is 10.7 Å². The van der Waals surface area contributed by atoms with Gasteiger partial charge in [0.25, 0.3) is 0 Å². The summed E-state index contributed by atoms with van der Waals surface area (Å²) in [5.74, 6) is -0.582. The van der Waals surface area contributed by atoms with Gasteiger partial charge in [-0.2, -0.15) is 0 Å². The van der Waals surface area contributed by atoms with E-state index in [-0.39, 0.29) is 10.7 Å². The fourth-order valence-electron chi connectivity index (χ4n) is 1.17. The highest BCUT2D eigenvalue weighted by Crippen LogP contribution is 2.24. The molecule has 6 heteroatoms. The quantitative estimate of drug-likeness (QED) is 0.832. The monoisotopic (exact) mass is 239 g/mol. The van der Waals surface area contributed by atoms with Crippen LogP contribution in [0.4, 0.5) is 14.9 Å². The summed E-state index contributed by atoms with van der Waals surface area (Å²) in [5.41, 5.74) is -0.0390. The van der Waals surface area contributed by atoms with Crippen LogP contribution in [-0.2, 0) is 0 Å². The Morgan fingerprint density at radius 1 is 1.50 bits per heavy atom. The molecule has 0 bridgehead atoms. The molecule has 1 heterocycles. The van der Waals surface area contributed by atoms with E-state index in [0.717, 1.165) is 0 Å². The van der Waals surface area contributed by atoms with E-state index in [0.29, 0.717) is 0 Å². The molecule has 1 N–H and O–H groups in total. The molecule has 1 aromatic carbocycles. The number of para-hydroxylation sites is 1. The number of carbonyl (C=O) groups is 1. The number of rotatable bonds is 1. The van der Waals surface area contributed by atoms with Crippen molar-refractivity contribution in [2.24, 2.45) is 0 Å². The van der Waals surface area contributed by atoms with E-state index in [4.69, 9.17) is 11.6 Å². The van der Waals surface area contributed by atoms with E-state index >= 15 is 0 Å². The van der Waals surface area contributed by atoms with Crippen LogP contribution in [0.5, 0.6) is 0 Å². The molecule has 0 saturated heterocycles. The van der Waals surface area contributed by atoms with Crippen LogP contribution >= 0.6 is 11.6 Å². The van der Waals surface area contributed by atoms with Crippen molar-refractivity contribution in [2.45, 2.75) is 0 Å². The number of nitrogens with zero attached hydrogens (tertiary/aromatic N) is 2. The Bertz CT molecular complexity index is 493. The number of aromatic nitrogens is 2. The molecule has 4 nitrogen and oxygen atoms in total. The van der Waals surface area contributed by atoms with Crippen molar-refractivity contribution in [1.29, 1.82) is 0 Å². The van der Waals surface area contributed by atoms with Gasteiger partial charge in [-0.1, -0.05) is 17.7 Å². The molecule has 0 aliphatic heterocycles. The van der Waals surface area contributed by atoms with Gasteiger partial charge in [-0.05, 0) is 12.1 Å². The van der Waals surface area contributed by atoms with Crippen molar-refractivity contribution in [3.05, 3.63) is 47.8 Å².